The van der Waals surface area contributed by atoms with Gasteiger partial charge >= 0.3 is 7.12 Å². The van der Waals surface area contributed by atoms with Crippen molar-refractivity contribution in [2.45, 2.75) is 79.9 Å². The monoisotopic (exact) mass is 334 g/mol. The van der Waals surface area contributed by atoms with E-state index < -0.39 is 0 Å². The van der Waals surface area contributed by atoms with Gasteiger partial charge in [-0.2, -0.15) is 0 Å². The molecule has 0 bridgehead atoms. The third-order valence-corrected chi connectivity index (χ3v) is 4.84. The van der Waals surface area contributed by atoms with E-state index in [0.29, 0.717) is 6.61 Å². The van der Waals surface area contributed by atoms with Crippen LogP contribution in [0, 0.1) is 12.8 Å². The third kappa shape index (κ3) is 5.25. The molecule has 0 atom stereocenters. The molecule has 136 valence electrons. The molecule has 1 aliphatic heterocycles. The average molecular weight is 334 g/mol. The molecule has 0 saturated carbocycles. The highest BCUT2D eigenvalue weighted by atomic mass is 16.7. The maximum atomic E-state index is 6.04. The van der Waals surface area contributed by atoms with Crippen molar-refractivity contribution < 1.29 is 14.0 Å². The Labute approximate surface area is 149 Å². The Morgan fingerprint density at radius 3 is 1.92 bits per heavy atom. The van der Waals surface area contributed by atoms with Crippen LogP contribution in [0.4, 0.5) is 0 Å². The SMILES string of the molecule is CCC(C)C.CCOc1ccc(B2OC(C)(C)C(C)(C)O2)cc1C. The third-order valence-electron chi connectivity index (χ3n) is 4.84. The molecule has 24 heavy (non-hydrogen) atoms. The highest BCUT2D eigenvalue weighted by Crippen LogP contribution is 2.36. The second-order valence-corrected chi connectivity index (χ2v) is 7.85. The first-order chi connectivity index (χ1) is 11.0. The molecule has 4 heteroatoms. The minimum Gasteiger partial charge on any atom is -0.494 e. The van der Waals surface area contributed by atoms with Crippen LogP contribution in [0.5, 0.6) is 5.75 Å². The summed E-state index contributed by atoms with van der Waals surface area (Å²) in [5.41, 5.74) is 1.54. The molecule has 0 amide bonds. The molecule has 0 aromatic heterocycles. The first-order valence-electron chi connectivity index (χ1n) is 9.13. The molecule has 3 nitrogen and oxygen atoms in total. The topological polar surface area (TPSA) is 27.7 Å². The summed E-state index contributed by atoms with van der Waals surface area (Å²) in [4.78, 5) is 0. The zero-order valence-electron chi connectivity index (χ0n) is 17.0. The standard InChI is InChI=1S/C15H23BO3.C5H12/c1-7-17-13-9-8-12(10-11(13)2)16-18-14(3,4)15(5,6)19-16;1-4-5(2)3/h8-10H,7H2,1-6H3;5H,4H2,1-3H3. The maximum Gasteiger partial charge on any atom is 0.494 e. The Balaban J connectivity index is 0.000000505. The second kappa shape index (κ2) is 8.40. The molecular weight excluding hydrogens is 299 g/mol. The van der Waals surface area contributed by atoms with E-state index in [1.807, 2.05) is 26.0 Å². The predicted molar refractivity (Wildman–Crippen MR) is 103 cm³/mol. The van der Waals surface area contributed by atoms with Gasteiger partial charge in [0.1, 0.15) is 5.75 Å². The summed E-state index contributed by atoms with van der Waals surface area (Å²) in [6.07, 6.45) is 1.31. The Kier molecular flexibility index (Phi) is 7.36. The summed E-state index contributed by atoms with van der Waals surface area (Å²) in [5.74, 6) is 1.80. The van der Waals surface area contributed by atoms with Crippen LogP contribution < -0.4 is 10.2 Å². The molecule has 1 aromatic carbocycles. The van der Waals surface area contributed by atoms with Gasteiger partial charge in [-0.15, -0.1) is 0 Å². The van der Waals surface area contributed by atoms with E-state index in [-0.39, 0.29) is 18.3 Å². The van der Waals surface area contributed by atoms with E-state index in [9.17, 15) is 0 Å². The van der Waals surface area contributed by atoms with Crippen molar-refractivity contribution in [2.24, 2.45) is 5.92 Å². The molecule has 2 rings (SSSR count). The van der Waals surface area contributed by atoms with Gasteiger partial charge in [0.05, 0.1) is 17.8 Å². The van der Waals surface area contributed by atoms with E-state index in [1.165, 1.54) is 6.42 Å². The fourth-order valence-electron chi connectivity index (χ4n) is 2.12. The summed E-state index contributed by atoms with van der Waals surface area (Å²) >= 11 is 0. The lowest BCUT2D eigenvalue weighted by molar-refractivity contribution is 0.00578. The lowest BCUT2D eigenvalue weighted by Crippen LogP contribution is -2.41. The van der Waals surface area contributed by atoms with E-state index in [4.69, 9.17) is 14.0 Å². The summed E-state index contributed by atoms with van der Waals surface area (Å²) in [7, 11) is -0.306. The maximum absolute atomic E-state index is 6.04. The highest BCUT2D eigenvalue weighted by Gasteiger charge is 2.51. The molecule has 1 aromatic rings. The fraction of sp³-hybridized carbons (Fsp3) is 0.700. The van der Waals surface area contributed by atoms with Crippen molar-refractivity contribution in [3.05, 3.63) is 23.8 Å². The number of ether oxygens (including phenoxy) is 1. The van der Waals surface area contributed by atoms with Crippen LogP contribution in [0.15, 0.2) is 18.2 Å². The normalized spacial score (nSPS) is 18.3. The fourth-order valence-corrected chi connectivity index (χ4v) is 2.12. The average Bonchev–Trinajstić information content (AvgIpc) is 2.70. The molecule has 0 N–H and O–H groups in total. The zero-order chi connectivity index (χ0) is 18.5. The van der Waals surface area contributed by atoms with Crippen LogP contribution in [-0.2, 0) is 9.31 Å². The van der Waals surface area contributed by atoms with Crippen molar-refractivity contribution >= 4 is 12.6 Å². The van der Waals surface area contributed by atoms with Gasteiger partial charge in [0.15, 0.2) is 0 Å². The van der Waals surface area contributed by atoms with Crippen LogP contribution in [0.3, 0.4) is 0 Å². The number of hydrogen-bond acceptors (Lipinski definition) is 3. The van der Waals surface area contributed by atoms with Gasteiger partial charge in [-0.05, 0) is 64.6 Å². The molecule has 0 radical (unpaired) electrons. The Hall–Kier alpha value is -0.995. The number of hydrogen-bond donors (Lipinski definition) is 0. The van der Waals surface area contributed by atoms with Gasteiger partial charge in [-0.25, -0.2) is 0 Å². The first kappa shape index (κ1) is 21.0. The van der Waals surface area contributed by atoms with Crippen LogP contribution in [-0.4, -0.2) is 24.9 Å². The first-order valence-corrected chi connectivity index (χ1v) is 9.13. The lowest BCUT2D eigenvalue weighted by Gasteiger charge is -2.32. The van der Waals surface area contributed by atoms with Crippen molar-refractivity contribution in [3.63, 3.8) is 0 Å². The van der Waals surface area contributed by atoms with E-state index >= 15 is 0 Å². The molecule has 0 unspecified atom stereocenters. The van der Waals surface area contributed by atoms with Crippen LogP contribution in [0.25, 0.3) is 0 Å². The van der Waals surface area contributed by atoms with Crippen molar-refractivity contribution in [1.82, 2.24) is 0 Å². The van der Waals surface area contributed by atoms with Crippen molar-refractivity contribution in [3.8, 4) is 5.75 Å². The van der Waals surface area contributed by atoms with Gasteiger partial charge in [-0.3, -0.25) is 0 Å². The van der Waals surface area contributed by atoms with E-state index in [2.05, 4.69) is 54.5 Å². The van der Waals surface area contributed by atoms with Gasteiger partial charge in [0.2, 0.25) is 0 Å². The highest BCUT2D eigenvalue weighted by molar-refractivity contribution is 6.62. The zero-order valence-corrected chi connectivity index (χ0v) is 17.0. The second-order valence-electron chi connectivity index (χ2n) is 7.85. The van der Waals surface area contributed by atoms with Crippen LogP contribution >= 0.6 is 0 Å². The molecule has 1 heterocycles. The van der Waals surface area contributed by atoms with Crippen molar-refractivity contribution in [2.75, 3.05) is 6.61 Å². The Morgan fingerprint density at radius 1 is 1.04 bits per heavy atom. The Bertz CT molecular complexity index is 508. The lowest BCUT2D eigenvalue weighted by atomic mass is 9.78. The van der Waals surface area contributed by atoms with Crippen LogP contribution in [0.2, 0.25) is 0 Å². The molecule has 1 saturated heterocycles. The number of aryl methyl sites for hydroxylation is 1. The summed E-state index contributed by atoms with van der Waals surface area (Å²) in [6, 6.07) is 6.08. The summed E-state index contributed by atoms with van der Waals surface area (Å²) in [6.45, 7) is 19.6. The minimum absolute atomic E-state index is 0.301. The molecule has 0 spiro atoms. The molecular formula is C20H35BO3. The van der Waals surface area contributed by atoms with Gasteiger partial charge in [0.25, 0.3) is 0 Å². The molecule has 0 aliphatic carbocycles. The summed E-state index contributed by atoms with van der Waals surface area (Å²) < 4.78 is 17.6. The Morgan fingerprint density at radius 2 is 1.54 bits per heavy atom. The van der Waals surface area contributed by atoms with Crippen LogP contribution in [0.1, 0.15) is 67.4 Å². The number of rotatable bonds is 4. The number of benzene rings is 1. The molecule has 1 fully saturated rings. The van der Waals surface area contributed by atoms with Gasteiger partial charge in [0, 0.05) is 0 Å². The van der Waals surface area contributed by atoms with E-state index in [1.54, 1.807) is 0 Å². The minimum atomic E-state index is -0.306. The predicted octanol–water partition coefficient (Wildman–Crippen LogP) is 4.75. The summed E-state index contributed by atoms with van der Waals surface area (Å²) in [5, 5.41) is 0. The van der Waals surface area contributed by atoms with Gasteiger partial charge in [-0.1, -0.05) is 39.3 Å². The smallest absolute Gasteiger partial charge is 0.494 e. The van der Waals surface area contributed by atoms with Crippen molar-refractivity contribution in [1.29, 1.82) is 0 Å². The molecule has 1 aliphatic rings. The van der Waals surface area contributed by atoms with E-state index in [0.717, 1.165) is 22.7 Å². The quantitative estimate of drug-likeness (QED) is 0.744. The largest absolute Gasteiger partial charge is 0.494 e. The van der Waals surface area contributed by atoms with Gasteiger partial charge < -0.3 is 14.0 Å².